The number of hydrogen-bond acceptors (Lipinski definition) is 5. The van der Waals surface area contributed by atoms with Crippen LogP contribution in [0.2, 0.25) is 0 Å². The smallest absolute Gasteiger partial charge is 0.229 e. The number of anilines is 1. The molecule has 0 fully saturated rings. The average molecular weight is 442 g/mol. The fraction of sp³-hybridized carbons (Fsp3) is 0.417. The first kappa shape index (κ1) is 22.8. The van der Waals surface area contributed by atoms with Crippen molar-refractivity contribution in [1.29, 1.82) is 0 Å². The number of carbonyl (C=O) groups is 1. The molecule has 1 amide bonds. The number of aryl methyl sites for hydroxylation is 3. The largest absolute Gasteiger partial charge is 0.309 e. The van der Waals surface area contributed by atoms with E-state index < -0.39 is 0 Å². The number of thioether (sulfide) groups is 1. The first-order chi connectivity index (χ1) is 14.3. The number of benzene rings is 2. The molecule has 1 heterocycles. The van der Waals surface area contributed by atoms with Gasteiger partial charge >= 0.3 is 0 Å². The van der Waals surface area contributed by atoms with Crippen molar-refractivity contribution in [2.24, 2.45) is 0 Å². The van der Waals surface area contributed by atoms with Gasteiger partial charge in [0.25, 0.3) is 0 Å². The average Bonchev–Trinajstić information content (AvgIpc) is 3.16. The molecule has 0 spiro atoms. The molecule has 160 valence electrons. The zero-order valence-corrected chi connectivity index (χ0v) is 20.2. The number of fused-ring (bicyclic) bond motifs is 1. The van der Waals surface area contributed by atoms with E-state index in [1.807, 2.05) is 4.90 Å². The highest BCUT2D eigenvalue weighted by Crippen LogP contribution is 2.33. The van der Waals surface area contributed by atoms with Crippen LogP contribution < -0.4 is 4.90 Å². The minimum atomic E-state index is 0.155. The molecule has 0 N–H and O–H groups in total. The molecule has 0 aliphatic rings. The van der Waals surface area contributed by atoms with E-state index in [0.717, 1.165) is 34.9 Å². The number of carbonyl (C=O) groups excluding carboxylic acids is 1. The molecule has 0 aliphatic heterocycles. The van der Waals surface area contributed by atoms with Crippen LogP contribution in [0.4, 0.5) is 5.13 Å². The molecule has 0 atom stereocenters. The summed E-state index contributed by atoms with van der Waals surface area (Å²) in [6.07, 6.45) is 1.44. The Hall–Kier alpha value is -1.89. The second-order valence-electron chi connectivity index (χ2n) is 7.99. The lowest BCUT2D eigenvalue weighted by atomic mass is 10.1. The van der Waals surface area contributed by atoms with Crippen LogP contribution in [-0.4, -0.2) is 48.7 Å². The summed E-state index contributed by atoms with van der Waals surface area (Å²) in [5.74, 6) is 0.928. The van der Waals surface area contributed by atoms with Crippen molar-refractivity contribution in [3.63, 3.8) is 0 Å². The summed E-state index contributed by atoms with van der Waals surface area (Å²) in [7, 11) is 4.13. The van der Waals surface area contributed by atoms with Crippen LogP contribution >= 0.6 is 23.1 Å². The molecule has 3 aromatic rings. The van der Waals surface area contributed by atoms with Crippen molar-refractivity contribution in [2.45, 2.75) is 38.5 Å². The van der Waals surface area contributed by atoms with Gasteiger partial charge < -0.3 is 4.90 Å². The van der Waals surface area contributed by atoms with Crippen LogP contribution in [0.15, 0.2) is 41.3 Å². The van der Waals surface area contributed by atoms with Gasteiger partial charge in [-0.3, -0.25) is 9.69 Å². The van der Waals surface area contributed by atoms with Crippen molar-refractivity contribution in [2.75, 3.05) is 37.8 Å². The van der Waals surface area contributed by atoms with Crippen LogP contribution in [0.25, 0.3) is 10.2 Å². The van der Waals surface area contributed by atoms with Gasteiger partial charge in [0.2, 0.25) is 5.91 Å². The molecule has 3 rings (SSSR count). The van der Waals surface area contributed by atoms with Gasteiger partial charge in [-0.1, -0.05) is 41.2 Å². The zero-order chi connectivity index (χ0) is 21.7. The number of nitrogens with zero attached hydrogens (tertiary/aromatic N) is 3. The van der Waals surface area contributed by atoms with Crippen LogP contribution in [0.5, 0.6) is 0 Å². The Balaban J connectivity index is 1.74. The Labute approximate surface area is 188 Å². The summed E-state index contributed by atoms with van der Waals surface area (Å²) in [4.78, 5) is 23.3. The number of rotatable bonds is 9. The lowest BCUT2D eigenvalue weighted by Gasteiger charge is -2.21. The number of amides is 1. The van der Waals surface area contributed by atoms with Gasteiger partial charge in [0, 0.05) is 23.6 Å². The fourth-order valence-electron chi connectivity index (χ4n) is 3.26. The second kappa shape index (κ2) is 10.4. The third kappa shape index (κ3) is 5.84. The molecule has 0 saturated carbocycles. The molecule has 0 bridgehead atoms. The van der Waals surface area contributed by atoms with E-state index in [4.69, 9.17) is 4.98 Å². The molecule has 0 unspecified atom stereocenters. The van der Waals surface area contributed by atoms with Crippen molar-refractivity contribution < 1.29 is 4.79 Å². The molecule has 6 heteroatoms. The maximum atomic E-state index is 13.2. The molecule has 0 aliphatic carbocycles. The highest BCUT2D eigenvalue weighted by atomic mass is 32.2. The van der Waals surface area contributed by atoms with E-state index >= 15 is 0 Å². The SMILES string of the molecule is Cc1ccc(SCCC(=O)N(CCCN(C)C)c2nc3c(C)ccc(C)c3s2)cc1. The van der Waals surface area contributed by atoms with Gasteiger partial charge in [0.05, 0.1) is 10.2 Å². The molecule has 4 nitrogen and oxygen atoms in total. The Bertz CT molecular complexity index is 957. The molecule has 30 heavy (non-hydrogen) atoms. The Morgan fingerprint density at radius 3 is 2.37 bits per heavy atom. The second-order valence-corrected chi connectivity index (χ2v) is 10.1. The number of aromatic nitrogens is 1. The van der Waals surface area contributed by atoms with Gasteiger partial charge in [-0.15, -0.1) is 11.8 Å². The van der Waals surface area contributed by atoms with Gasteiger partial charge in [-0.05, 0) is 71.1 Å². The first-order valence-corrected chi connectivity index (χ1v) is 12.2. The lowest BCUT2D eigenvalue weighted by Crippen LogP contribution is -2.33. The van der Waals surface area contributed by atoms with Gasteiger partial charge in [0.1, 0.15) is 0 Å². The summed E-state index contributed by atoms with van der Waals surface area (Å²) >= 11 is 3.37. The minimum absolute atomic E-state index is 0.155. The summed E-state index contributed by atoms with van der Waals surface area (Å²) in [5, 5.41) is 0.825. The topological polar surface area (TPSA) is 36.4 Å². The summed E-state index contributed by atoms with van der Waals surface area (Å²) in [6, 6.07) is 12.7. The Morgan fingerprint density at radius 2 is 1.70 bits per heavy atom. The fourth-order valence-corrected chi connectivity index (χ4v) is 5.26. The predicted octanol–water partition coefficient (Wildman–Crippen LogP) is 5.69. The zero-order valence-electron chi connectivity index (χ0n) is 18.6. The Kier molecular flexibility index (Phi) is 7.92. The van der Waals surface area contributed by atoms with Crippen LogP contribution in [0, 0.1) is 20.8 Å². The van der Waals surface area contributed by atoms with Crippen molar-refractivity contribution in [3.8, 4) is 0 Å². The monoisotopic (exact) mass is 441 g/mol. The molecule has 0 saturated heterocycles. The standard InChI is InChI=1S/C24H31N3OS2/c1-17-7-11-20(12-8-17)29-16-13-21(28)27(15-6-14-26(4)5)24-25-22-18(2)9-10-19(3)23(22)30-24/h7-12H,6,13-16H2,1-5H3. The molecular weight excluding hydrogens is 410 g/mol. The van der Waals surface area contributed by atoms with E-state index in [0.29, 0.717) is 13.0 Å². The number of thiazole rings is 1. The van der Waals surface area contributed by atoms with Crippen molar-refractivity contribution in [3.05, 3.63) is 53.1 Å². The summed E-state index contributed by atoms with van der Waals surface area (Å²) < 4.78 is 1.18. The highest BCUT2D eigenvalue weighted by Gasteiger charge is 2.20. The van der Waals surface area contributed by atoms with Gasteiger partial charge in [0.15, 0.2) is 5.13 Å². The quantitative estimate of drug-likeness (QED) is 0.400. The predicted molar refractivity (Wildman–Crippen MR) is 131 cm³/mol. The van der Waals surface area contributed by atoms with E-state index in [1.165, 1.54) is 20.7 Å². The van der Waals surface area contributed by atoms with Gasteiger partial charge in [-0.25, -0.2) is 4.98 Å². The Morgan fingerprint density at radius 1 is 1.00 bits per heavy atom. The third-order valence-corrected chi connectivity index (χ3v) is 7.28. The van der Waals surface area contributed by atoms with Gasteiger partial charge in [-0.2, -0.15) is 0 Å². The van der Waals surface area contributed by atoms with E-state index in [9.17, 15) is 4.79 Å². The van der Waals surface area contributed by atoms with Crippen LogP contribution in [0.3, 0.4) is 0 Å². The van der Waals surface area contributed by atoms with Crippen LogP contribution in [0.1, 0.15) is 29.5 Å². The minimum Gasteiger partial charge on any atom is -0.309 e. The number of hydrogen-bond donors (Lipinski definition) is 0. The van der Waals surface area contributed by atoms with Crippen LogP contribution in [-0.2, 0) is 4.79 Å². The molecular formula is C24H31N3OS2. The van der Waals surface area contributed by atoms with E-state index in [-0.39, 0.29) is 5.91 Å². The molecule has 1 aromatic heterocycles. The maximum Gasteiger partial charge on any atom is 0.229 e. The molecule has 0 radical (unpaired) electrons. The summed E-state index contributed by atoms with van der Waals surface area (Å²) in [6.45, 7) is 7.93. The third-order valence-electron chi connectivity index (χ3n) is 5.06. The first-order valence-electron chi connectivity index (χ1n) is 10.4. The summed E-state index contributed by atoms with van der Waals surface area (Å²) in [5.41, 5.74) is 4.65. The van der Waals surface area contributed by atoms with E-state index in [1.54, 1.807) is 23.1 Å². The molecule has 2 aromatic carbocycles. The van der Waals surface area contributed by atoms with Crippen molar-refractivity contribution >= 4 is 44.4 Å². The van der Waals surface area contributed by atoms with Crippen molar-refractivity contribution in [1.82, 2.24) is 9.88 Å². The lowest BCUT2D eigenvalue weighted by molar-refractivity contribution is -0.118. The normalized spacial score (nSPS) is 11.4. The van der Waals surface area contributed by atoms with E-state index in [2.05, 4.69) is 76.2 Å². The highest BCUT2D eigenvalue weighted by molar-refractivity contribution is 7.99. The maximum absolute atomic E-state index is 13.2.